The van der Waals surface area contributed by atoms with Crippen molar-refractivity contribution in [3.05, 3.63) is 53.5 Å². The van der Waals surface area contributed by atoms with Crippen molar-refractivity contribution < 1.29 is 9.59 Å². The molecule has 2 aromatic rings. The summed E-state index contributed by atoms with van der Waals surface area (Å²) in [6.45, 7) is 5.88. The van der Waals surface area contributed by atoms with E-state index in [2.05, 4.69) is 20.6 Å². The molecule has 2 rings (SSSR count). The Kier molecular flexibility index (Phi) is 6.62. The van der Waals surface area contributed by atoms with Crippen molar-refractivity contribution in [3.63, 3.8) is 0 Å². The van der Waals surface area contributed by atoms with Gasteiger partial charge >= 0.3 is 0 Å². The molecule has 25 heavy (non-hydrogen) atoms. The van der Waals surface area contributed by atoms with E-state index >= 15 is 0 Å². The van der Waals surface area contributed by atoms with Crippen LogP contribution in [0.2, 0.25) is 0 Å². The van der Waals surface area contributed by atoms with Gasteiger partial charge in [-0.3, -0.25) is 14.6 Å². The van der Waals surface area contributed by atoms with Crippen LogP contribution in [-0.2, 0) is 9.59 Å². The molecule has 0 saturated heterocycles. The molecule has 0 aromatic carbocycles. The predicted octanol–water partition coefficient (Wildman–Crippen LogP) is 3.08. The molecule has 2 N–H and O–H groups in total. The van der Waals surface area contributed by atoms with Crippen LogP contribution in [0.3, 0.4) is 0 Å². The molecule has 2 heterocycles. The first-order chi connectivity index (χ1) is 12.0. The molecule has 0 aliphatic heterocycles. The lowest BCUT2D eigenvalue weighted by molar-refractivity contribution is -0.125. The highest BCUT2D eigenvalue weighted by Crippen LogP contribution is 2.15. The fourth-order valence-corrected chi connectivity index (χ4v) is 2.37. The number of amides is 2. The Bertz CT molecular complexity index is 728. The Morgan fingerprint density at radius 3 is 2.44 bits per heavy atom. The van der Waals surface area contributed by atoms with Gasteiger partial charge in [-0.05, 0) is 49.6 Å². The van der Waals surface area contributed by atoms with Crippen LogP contribution in [0.1, 0.15) is 49.0 Å². The predicted molar refractivity (Wildman–Crippen MR) is 97.0 cm³/mol. The lowest BCUT2D eigenvalue weighted by Crippen LogP contribution is -2.29. The van der Waals surface area contributed by atoms with Crippen molar-refractivity contribution in [2.45, 2.75) is 46.1 Å². The highest BCUT2D eigenvalue weighted by molar-refractivity contribution is 5.92. The number of nitrogens with one attached hydrogen (secondary N) is 2. The number of rotatable bonds is 7. The molecular weight excluding hydrogens is 316 g/mol. The Labute approximate surface area is 148 Å². The number of carbonyl (C=O) groups is 2. The fourth-order valence-electron chi connectivity index (χ4n) is 2.37. The standard InChI is InChI=1S/C19H24N4O2/c1-4-15(16-6-5-14(3)12-21-16)22-18(24)7-8-19(25)23-17-11-13(2)9-10-20-17/h5-6,9-12,15H,4,7-8H2,1-3H3,(H,22,24)(H,20,23,25)/t15-/m1/s1. The lowest BCUT2D eigenvalue weighted by Gasteiger charge is -2.16. The molecule has 0 fully saturated rings. The topological polar surface area (TPSA) is 84.0 Å². The number of anilines is 1. The minimum Gasteiger partial charge on any atom is -0.348 e. The van der Waals surface area contributed by atoms with E-state index in [1.807, 2.05) is 39.0 Å². The molecule has 0 aliphatic carbocycles. The van der Waals surface area contributed by atoms with Gasteiger partial charge in [0, 0.05) is 25.2 Å². The quantitative estimate of drug-likeness (QED) is 0.811. The maximum atomic E-state index is 12.1. The average molecular weight is 340 g/mol. The number of aryl methyl sites for hydroxylation is 2. The Hall–Kier alpha value is -2.76. The summed E-state index contributed by atoms with van der Waals surface area (Å²) in [5.41, 5.74) is 2.92. The molecule has 0 spiro atoms. The van der Waals surface area contributed by atoms with Crippen LogP contribution in [0.15, 0.2) is 36.7 Å². The summed E-state index contributed by atoms with van der Waals surface area (Å²) in [7, 11) is 0. The second-order valence-electron chi connectivity index (χ2n) is 6.06. The third-order valence-corrected chi connectivity index (χ3v) is 3.80. The summed E-state index contributed by atoms with van der Waals surface area (Å²) in [5, 5.41) is 5.63. The van der Waals surface area contributed by atoms with Crippen LogP contribution in [0, 0.1) is 13.8 Å². The van der Waals surface area contributed by atoms with E-state index in [9.17, 15) is 9.59 Å². The van der Waals surface area contributed by atoms with E-state index in [1.165, 1.54) is 0 Å². The summed E-state index contributed by atoms with van der Waals surface area (Å²) in [6, 6.07) is 7.38. The molecule has 2 amide bonds. The summed E-state index contributed by atoms with van der Waals surface area (Å²) < 4.78 is 0. The molecule has 0 saturated carbocycles. The van der Waals surface area contributed by atoms with Gasteiger partial charge in [0.2, 0.25) is 11.8 Å². The molecule has 2 aromatic heterocycles. The normalized spacial score (nSPS) is 11.6. The summed E-state index contributed by atoms with van der Waals surface area (Å²) >= 11 is 0. The van der Waals surface area contributed by atoms with Crippen molar-refractivity contribution in [2.75, 3.05) is 5.32 Å². The summed E-state index contributed by atoms with van der Waals surface area (Å²) in [4.78, 5) is 32.5. The Balaban J connectivity index is 1.82. The second-order valence-corrected chi connectivity index (χ2v) is 6.06. The maximum absolute atomic E-state index is 12.1. The molecule has 6 heteroatoms. The summed E-state index contributed by atoms with van der Waals surface area (Å²) in [6.07, 6.45) is 4.39. The zero-order valence-corrected chi connectivity index (χ0v) is 14.9. The van der Waals surface area contributed by atoms with Gasteiger partial charge < -0.3 is 10.6 Å². The van der Waals surface area contributed by atoms with Crippen molar-refractivity contribution >= 4 is 17.6 Å². The molecular formula is C19H24N4O2. The number of aromatic nitrogens is 2. The molecule has 0 radical (unpaired) electrons. The average Bonchev–Trinajstić information content (AvgIpc) is 2.59. The van der Waals surface area contributed by atoms with Crippen LogP contribution in [-0.4, -0.2) is 21.8 Å². The zero-order valence-electron chi connectivity index (χ0n) is 14.9. The highest BCUT2D eigenvalue weighted by atomic mass is 16.2. The van der Waals surface area contributed by atoms with Crippen molar-refractivity contribution in [1.82, 2.24) is 15.3 Å². The van der Waals surface area contributed by atoms with Gasteiger partial charge in [-0.15, -0.1) is 0 Å². The van der Waals surface area contributed by atoms with Gasteiger partial charge in [-0.2, -0.15) is 0 Å². The van der Waals surface area contributed by atoms with Crippen molar-refractivity contribution in [3.8, 4) is 0 Å². The van der Waals surface area contributed by atoms with Crippen LogP contribution < -0.4 is 10.6 Å². The van der Waals surface area contributed by atoms with Crippen molar-refractivity contribution in [2.24, 2.45) is 0 Å². The minimum atomic E-state index is -0.227. The molecule has 0 aliphatic rings. The molecule has 0 bridgehead atoms. The lowest BCUT2D eigenvalue weighted by atomic mass is 10.1. The molecule has 6 nitrogen and oxygen atoms in total. The fraction of sp³-hybridized carbons (Fsp3) is 0.368. The maximum Gasteiger partial charge on any atom is 0.226 e. The number of hydrogen-bond acceptors (Lipinski definition) is 4. The SMILES string of the molecule is CC[C@@H](NC(=O)CCC(=O)Nc1cc(C)ccn1)c1ccc(C)cn1. The Morgan fingerprint density at radius 2 is 1.80 bits per heavy atom. The third kappa shape index (κ3) is 5.99. The smallest absolute Gasteiger partial charge is 0.226 e. The third-order valence-electron chi connectivity index (χ3n) is 3.80. The first-order valence-corrected chi connectivity index (χ1v) is 8.42. The highest BCUT2D eigenvalue weighted by Gasteiger charge is 2.15. The van der Waals surface area contributed by atoms with Gasteiger partial charge in [0.25, 0.3) is 0 Å². The van der Waals surface area contributed by atoms with E-state index in [4.69, 9.17) is 0 Å². The van der Waals surface area contributed by atoms with Crippen molar-refractivity contribution in [1.29, 1.82) is 0 Å². The monoisotopic (exact) mass is 340 g/mol. The van der Waals surface area contributed by atoms with Crippen LogP contribution in [0.4, 0.5) is 5.82 Å². The molecule has 1 atom stereocenters. The number of nitrogens with zero attached hydrogens (tertiary/aromatic N) is 2. The summed E-state index contributed by atoms with van der Waals surface area (Å²) in [5.74, 6) is 0.108. The Morgan fingerprint density at radius 1 is 1.04 bits per heavy atom. The van der Waals surface area contributed by atoms with E-state index < -0.39 is 0 Å². The van der Waals surface area contributed by atoms with Gasteiger partial charge in [0.05, 0.1) is 11.7 Å². The minimum absolute atomic E-state index is 0.110. The molecule has 0 unspecified atom stereocenters. The largest absolute Gasteiger partial charge is 0.348 e. The first-order valence-electron chi connectivity index (χ1n) is 8.42. The second kappa shape index (κ2) is 8.92. The van der Waals surface area contributed by atoms with Crippen LogP contribution >= 0.6 is 0 Å². The van der Waals surface area contributed by atoms with E-state index in [1.54, 1.807) is 18.5 Å². The van der Waals surface area contributed by atoms with Gasteiger partial charge in [-0.1, -0.05) is 13.0 Å². The zero-order chi connectivity index (χ0) is 18.2. The number of hydrogen-bond donors (Lipinski definition) is 2. The van der Waals surface area contributed by atoms with Gasteiger partial charge in [-0.25, -0.2) is 4.98 Å². The van der Waals surface area contributed by atoms with E-state index in [0.29, 0.717) is 5.82 Å². The number of pyridine rings is 2. The van der Waals surface area contributed by atoms with E-state index in [0.717, 1.165) is 23.2 Å². The number of carbonyl (C=O) groups excluding carboxylic acids is 2. The van der Waals surface area contributed by atoms with Crippen LogP contribution in [0.25, 0.3) is 0 Å². The first kappa shape index (κ1) is 18.6. The molecule has 132 valence electrons. The van der Waals surface area contributed by atoms with Crippen LogP contribution in [0.5, 0.6) is 0 Å². The van der Waals surface area contributed by atoms with Gasteiger partial charge in [0.15, 0.2) is 0 Å². The van der Waals surface area contributed by atoms with Gasteiger partial charge in [0.1, 0.15) is 5.82 Å². The van der Waals surface area contributed by atoms with E-state index in [-0.39, 0.29) is 30.7 Å².